The molecule has 0 saturated carbocycles. The Bertz CT molecular complexity index is 633. The van der Waals surface area contributed by atoms with E-state index in [1.54, 1.807) is 18.2 Å². The van der Waals surface area contributed by atoms with E-state index in [9.17, 15) is 4.79 Å². The average Bonchev–Trinajstić information content (AvgIpc) is 2.36. The Morgan fingerprint density at radius 1 is 0.947 bits per heavy atom. The lowest BCUT2D eigenvalue weighted by Gasteiger charge is -2.11. The van der Waals surface area contributed by atoms with E-state index in [1.165, 1.54) is 11.1 Å². The molecule has 0 radical (unpaired) electrons. The van der Waals surface area contributed by atoms with Crippen LogP contribution >= 0.6 is 0 Å². The van der Waals surface area contributed by atoms with Crippen molar-refractivity contribution < 1.29 is 9.90 Å². The van der Waals surface area contributed by atoms with Crippen LogP contribution in [0.15, 0.2) is 36.4 Å². The number of benzene rings is 2. The van der Waals surface area contributed by atoms with Crippen LogP contribution in [0.4, 0.5) is 11.4 Å². The first kappa shape index (κ1) is 13.1. The van der Waals surface area contributed by atoms with Gasteiger partial charge in [-0.3, -0.25) is 0 Å². The van der Waals surface area contributed by atoms with Crippen molar-refractivity contribution in [2.75, 3.05) is 5.32 Å². The standard InChI is InChI=1S/C16H17NO2/c1-10-4-6-14(9-11(10)2)17-15-7-5-13(16(18)19)8-12(15)3/h4-9,17H,1-3H3,(H,18,19). The minimum Gasteiger partial charge on any atom is -0.478 e. The van der Waals surface area contributed by atoms with Gasteiger partial charge in [-0.1, -0.05) is 6.07 Å². The number of carbonyl (C=O) groups is 1. The van der Waals surface area contributed by atoms with Gasteiger partial charge in [-0.2, -0.15) is 0 Å². The van der Waals surface area contributed by atoms with E-state index in [0.717, 1.165) is 16.9 Å². The SMILES string of the molecule is Cc1ccc(Nc2ccc(C(=O)O)cc2C)cc1C. The number of anilines is 2. The fourth-order valence-electron chi connectivity index (χ4n) is 1.91. The number of carboxylic acids is 1. The number of rotatable bonds is 3. The van der Waals surface area contributed by atoms with Gasteiger partial charge in [0.2, 0.25) is 0 Å². The molecule has 19 heavy (non-hydrogen) atoms. The van der Waals surface area contributed by atoms with E-state index in [1.807, 2.05) is 13.0 Å². The van der Waals surface area contributed by atoms with Gasteiger partial charge in [0.25, 0.3) is 0 Å². The number of carboxylic acid groups (broad SMARTS) is 1. The van der Waals surface area contributed by atoms with Crippen molar-refractivity contribution in [3.05, 3.63) is 58.7 Å². The second-order valence-corrected chi connectivity index (χ2v) is 4.76. The highest BCUT2D eigenvalue weighted by Gasteiger charge is 2.06. The summed E-state index contributed by atoms with van der Waals surface area (Å²) in [4.78, 5) is 10.9. The van der Waals surface area contributed by atoms with Crippen LogP contribution < -0.4 is 5.32 Å². The van der Waals surface area contributed by atoms with Crippen molar-refractivity contribution >= 4 is 17.3 Å². The summed E-state index contributed by atoms with van der Waals surface area (Å²) in [7, 11) is 0. The molecule has 98 valence electrons. The lowest BCUT2D eigenvalue weighted by molar-refractivity contribution is 0.0697. The molecule has 3 nitrogen and oxygen atoms in total. The van der Waals surface area contributed by atoms with Crippen LogP contribution in [0.25, 0.3) is 0 Å². The van der Waals surface area contributed by atoms with Crippen LogP contribution in [-0.2, 0) is 0 Å². The molecule has 0 aromatic heterocycles. The van der Waals surface area contributed by atoms with Crippen molar-refractivity contribution in [1.29, 1.82) is 0 Å². The summed E-state index contributed by atoms with van der Waals surface area (Å²) in [5.74, 6) is -0.902. The van der Waals surface area contributed by atoms with Gasteiger partial charge in [-0.25, -0.2) is 4.79 Å². The third-order valence-electron chi connectivity index (χ3n) is 3.26. The summed E-state index contributed by atoms with van der Waals surface area (Å²) in [6.07, 6.45) is 0. The molecular formula is C16H17NO2. The summed E-state index contributed by atoms with van der Waals surface area (Å²) >= 11 is 0. The Balaban J connectivity index is 2.28. The molecule has 3 heteroatoms. The zero-order valence-electron chi connectivity index (χ0n) is 11.3. The Hall–Kier alpha value is -2.29. The maximum Gasteiger partial charge on any atom is 0.335 e. The van der Waals surface area contributed by atoms with Gasteiger partial charge in [0.15, 0.2) is 0 Å². The number of nitrogens with one attached hydrogen (secondary N) is 1. The van der Waals surface area contributed by atoms with Gasteiger partial charge < -0.3 is 10.4 Å². The molecule has 0 atom stereocenters. The third kappa shape index (κ3) is 2.94. The predicted molar refractivity (Wildman–Crippen MR) is 77.3 cm³/mol. The van der Waals surface area contributed by atoms with Crippen molar-refractivity contribution in [3.8, 4) is 0 Å². The largest absolute Gasteiger partial charge is 0.478 e. The summed E-state index contributed by atoms with van der Waals surface area (Å²) in [5.41, 5.74) is 5.64. The van der Waals surface area contributed by atoms with Crippen LogP contribution in [0.5, 0.6) is 0 Å². The molecule has 2 rings (SSSR count). The molecular weight excluding hydrogens is 238 g/mol. The molecule has 0 aliphatic rings. The zero-order chi connectivity index (χ0) is 14.0. The summed E-state index contributed by atoms with van der Waals surface area (Å²) in [5, 5.41) is 12.2. The fraction of sp³-hybridized carbons (Fsp3) is 0.188. The predicted octanol–water partition coefficient (Wildman–Crippen LogP) is 4.05. The van der Waals surface area contributed by atoms with Gasteiger partial charge in [0, 0.05) is 11.4 Å². The molecule has 0 unspecified atom stereocenters. The number of hydrogen-bond donors (Lipinski definition) is 2. The van der Waals surface area contributed by atoms with Gasteiger partial charge in [-0.05, 0) is 67.8 Å². The zero-order valence-corrected chi connectivity index (χ0v) is 11.3. The molecule has 0 amide bonds. The van der Waals surface area contributed by atoms with E-state index >= 15 is 0 Å². The monoisotopic (exact) mass is 255 g/mol. The normalized spacial score (nSPS) is 10.3. The van der Waals surface area contributed by atoms with Crippen LogP contribution in [0.1, 0.15) is 27.0 Å². The second kappa shape index (κ2) is 5.14. The summed E-state index contributed by atoms with van der Waals surface area (Å²) in [6, 6.07) is 11.3. The van der Waals surface area contributed by atoms with Crippen molar-refractivity contribution in [2.24, 2.45) is 0 Å². The Kier molecular flexibility index (Phi) is 3.56. The third-order valence-corrected chi connectivity index (χ3v) is 3.26. The van der Waals surface area contributed by atoms with E-state index in [2.05, 4.69) is 31.3 Å². The van der Waals surface area contributed by atoms with Crippen molar-refractivity contribution in [2.45, 2.75) is 20.8 Å². The van der Waals surface area contributed by atoms with Gasteiger partial charge in [-0.15, -0.1) is 0 Å². The highest BCUT2D eigenvalue weighted by atomic mass is 16.4. The Morgan fingerprint density at radius 3 is 2.26 bits per heavy atom. The average molecular weight is 255 g/mol. The molecule has 0 saturated heterocycles. The quantitative estimate of drug-likeness (QED) is 0.869. The maximum absolute atomic E-state index is 10.9. The van der Waals surface area contributed by atoms with Crippen LogP contribution in [0.3, 0.4) is 0 Å². The smallest absolute Gasteiger partial charge is 0.335 e. The highest BCUT2D eigenvalue weighted by Crippen LogP contribution is 2.23. The van der Waals surface area contributed by atoms with Gasteiger partial charge >= 0.3 is 5.97 Å². The lowest BCUT2D eigenvalue weighted by Crippen LogP contribution is -1.99. The number of aromatic carboxylic acids is 1. The number of aryl methyl sites for hydroxylation is 3. The molecule has 0 spiro atoms. The summed E-state index contributed by atoms with van der Waals surface area (Å²) < 4.78 is 0. The molecule has 2 aromatic carbocycles. The fourth-order valence-corrected chi connectivity index (χ4v) is 1.91. The topological polar surface area (TPSA) is 49.3 Å². The first-order valence-electron chi connectivity index (χ1n) is 6.15. The molecule has 2 aromatic rings. The van der Waals surface area contributed by atoms with Crippen LogP contribution in [0.2, 0.25) is 0 Å². The minimum absolute atomic E-state index is 0.308. The number of hydrogen-bond acceptors (Lipinski definition) is 2. The van der Waals surface area contributed by atoms with Gasteiger partial charge in [0.05, 0.1) is 5.56 Å². The first-order chi connectivity index (χ1) is 8.97. The van der Waals surface area contributed by atoms with E-state index < -0.39 is 5.97 Å². The molecule has 0 aliphatic heterocycles. The maximum atomic E-state index is 10.9. The van der Waals surface area contributed by atoms with E-state index in [0.29, 0.717) is 5.56 Å². The van der Waals surface area contributed by atoms with Crippen LogP contribution in [0, 0.1) is 20.8 Å². The molecule has 0 fully saturated rings. The molecule has 0 aliphatic carbocycles. The molecule has 0 heterocycles. The lowest BCUT2D eigenvalue weighted by atomic mass is 10.1. The van der Waals surface area contributed by atoms with Crippen molar-refractivity contribution in [3.63, 3.8) is 0 Å². The van der Waals surface area contributed by atoms with E-state index in [4.69, 9.17) is 5.11 Å². The van der Waals surface area contributed by atoms with E-state index in [-0.39, 0.29) is 0 Å². The molecule has 2 N–H and O–H groups in total. The Labute approximate surface area is 112 Å². The van der Waals surface area contributed by atoms with Crippen molar-refractivity contribution in [1.82, 2.24) is 0 Å². The second-order valence-electron chi connectivity index (χ2n) is 4.76. The first-order valence-corrected chi connectivity index (χ1v) is 6.15. The van der Waals surface area contributed by atoms with Gasteiger partial charge in [0.1, 0.15) is 0 Å². The summed E-state index contributed by atoms with van der Waals surface area (Å²) in [6.45, 7) is 6.04. The van der Waals surface area contributed by atoms with Crippen LogP contribution in [-0.4, -0.2) is 11.1 Å². The highest BCUT2D eigenvalue weighted by molar-refractivity contribution is 5.88. The Morgan fingerprint density at radius 2 is 1.68 bits per heavy atom. The molecule has 0 bridgehead atoms. The minimum atomic E-state index is -0.902.